The minimum atomic E-state index is 0.350. The van der Waals surface area contributed by atoms with Gasteiger partial charge in [-0.1, -0.05) is 33.1 Å². The maximum Gasteiger partial charge on any atom is 0.242 e. The van der Waals surface area contributed by atoms with Crippen molar-refractivity contribution in [2.45, 2.75) is 58.9 Å². The molecule has 0 aliphatic heterocycles. The maximum absolute atomic E-state index is 6.01. The van der Waals surface area contributed by atoms with Gasteiger partial charge in [0.15, 0.2) is 5.82 Å². The first-order valence-corrected chi connectivity index (χ1v) is 7.18. The number of hydrogen-bond donors (Lipinski definition) is 2. The van der Waals surface area contributed by atoms with E-state index in [9.17, 15) is 0 Å². The Bertz CT molecular complexity index is 370. The van der Waals surface area contributed by atoms with Gasteiger partial charge in [-0.25, -0.2) is 4.98 Å². The summed E-state index contributed by atoms with van der Waals surface area (Å²) in [5.41, 5.74) is 6.51. The summed E-state index contributed by atoms with van der Waals surface area (Å²) in [7, 11) is 0. The smallest absolute Gasteiger partial charge is 0.242 e. The van der Waals surface area contributed by atoms with Gasteiger partial charge < -0.3 is 15.8 Å². The van der Waals surface area contributed by atoms with E-state index in [1.54, 1.807) is 0 Å². The van der Waals surface area contributed by atoms with Gasteiger partial charge in [-0.3, -0.25) is 0 Å². The van der Waals surface area contributed by atoms with Crippen molar-refractivity contribution in [3.8, 4) is 5.88 Å². The Kier molecular flexibility index (Phi) is 7.00. The van der Waals surface area contributed by atoms with Gasteiger partial charge in [0.05, 0.1) is 6.61 Å². The molecule has 0 saturated heterocycles. The molecule has 0 saturated carbocycles. The third-order valence-corrected chi connectivity index (χ3v) is 2.91. The quantitative estimate of drug-likeness (QED) is 0.671. The molecule has 0 radical (unpaired) electrons. The third kappa shape index (κ3) is 5.32. The van der Waals surface area contributed by atoms with E-state index < -0.39 is 0 Å². The number of anilines is 2. The monoisotopic (exact) mass is 266 g/mol. The highest BCUT2D eigenvalue weighted by molar-refractivity contribution is 5.66. The van der Waals surface area contributed by atoms with Gasteiger partial charge in [0.1, 0.15) is 12.0 Å². The van der Waals surface area contributed by atoms with Crippen LogP contribution in [0.1, 0.15) is 52.9 Å². The van der Waals surface area contributed by atoms with E-state index in [0.29, 0.717) is 30.0 Å². The maximum atomic E-state index is 6.01. The van der Waals surface area contributed by atoms with Crippen LogP contribution in [0.15, 0.2) is 6.33 Å². The van der Waals surface area contributed by atoms with Crippen LogP contribution in [0.2, 0.25) is 0 Å². The summed E-state index contributed by atoms with van der Waals surface area (Å²) in [5, 5.41) is 3.33. The lowest BCUT2D eigenvalue weighted by atomic mass is 10.1. The molecule has 5 nitrogen and oxygen atoms in total. The molecule has 0 amide bonds. The van der Waals surface area contributed by atoms with Gasteiger partial charge in [-0.2, -0.15) is 4.98 Å². The highest BCUT2D eigenvalue weighted by atomic mass is 16.5. The second-order valence-electron chi connectivity index (χ2n) is 4.83. The van der Waals surface area contributed by atoms with Crippen LogP contribution in [-0.4, -0.2) is 22.6 Å². The Morgan fingerprint density at radius 2 is 2.05 bits per heavy atom. The fourth-order valence-corrected chi connectivity index (χ4v) is 1.81. The summed E-state index contributed by atoms with van der Waals surface area (Å²) in [6.45, 7) is 7.01. The Balaban J connectivity index is 2.57. The average molecular weight is 266 g/mol. The van der Waals surface area contributed by atoms with Crippen molar-refractivity contribution in [2.24, 2.45) is 0 Å². The lowest BCUT2D eigenvalue weighted by molar-refractivity contribution is 0.306. The zero-order valence-electron chi connectivity index (χ0n) is 12.3. The highest BCUT2D eigenvalue weighted by Crippen LogP contribution is 2.25. The molecule has 0 spiro atoms. The van der Waals surface area contributed by atoms with Crippen LogP contribution < -0.4 is 15.8 Å². The standard InChI is InChI=1S/C14H26N4O/c1-4-6-7-8-11(3)18-13-12(15)14(17-10-16-13)19-9-5-2/h10-11H,4-9,15H2,1-3H3,(H,16,17,18). The molecule has 1 rings (SSSR count). The molecule has 0 aliphatic rings. The molecule has 0 bridgehead atoms. The number of hydrogen-bond acceptors (Lipinski definition) is 5. The number of nitrogens with two attached hydrogens (primary N) is 1. The predicted octanol–water partition coefficient (Wildman–Crippen LogP) is 3.23. The molecule has 108 valence electrons. The molecule has 1 aromatic rings. The van der Waals surface area contributed by atoms with E-state index in [0.717, 1.165) is 12.8 Å². The van der Waals surface area contributed by atoms with Crippen molar-refractivity contribution in [1.29, 1.82) is 0 Å². The van der Waals surface area contributed by atoms with Crippen LogP contribution in [0.5, 0.6) is 5.88 Å². The Labute approximate surface area is 116 Å². The normalized spacial score (nSPS) is 12.2. The fourth-order valence-electron chi connectivity index (χ4n) is 1.81. The summed E-state index contributed by atoms with van der Waals surface area (Å²) in [4.78, 5) is 8.25. The topological polar surface area (TPSA) is 73.1 Å². The minimum Gasteiger partial charge on any atom is -0.476 e. The van der Waals surface area contributed by atoms with Crippen LogP contribution in [0.4, 0.5) is 11.5 Å². The van der Waals surface area contributed by atoms with Crippen molar-refractivity contribution in [2.75, 3.05) is 17.7 Å². The zero-order valence-corrected chi connectivity index (χ0v) is 12.3. The Hall–Kier alpha value is -1.52. The number of nitrogen functional groups attached to an aromatic ring is 1. The third-order valence-electron chi connectivity index (χ3n) is 2.91. The van der Waals surface area contributed by atoms with E-state index in [-0.39, 0.29) is 0 Å². The van der Waals surface area contributed by atoms with Crippen LogP contribution in [0.3, 0.4) is 0 Å². The number of aromatic nitrogens is 2. The summed E-state index contributed by atoms with van der Waals surface area (Å²) in [5.74, 6) is 1.14. The average Bonchev–Trinajstić information content (AvgIpc) is 2.40. The molecule has 1 unspecified atom stereocenters. The number of ether oxygens (including phenoxy) is 1. The van der Waals surface area contributed by atoms with Gasteiger partial charge >= 0.3 is 0 Å². The molecule has 1 atom stereocenters. The van der Waals surface area contributed by atoms with Crippen molar-refractivity contribution in [3.63, 3.8) is 0 Å². The second-order valence-corrected chi connectivity index (χ2v) is 4.83. The van der Waals surface area contributed by atoms with Crippen molar-refractivity contribution < 1.29 is 4.74 Å². The van der Waals surface area contributed by atoms with Gasteiger partial charge in [0.25, 0.3) is 0 Å². The summed E-state index contributed by atoms with van der Waals surface area (Å²) in [6, 6.07) is 0.350. The number of unbranched alkanes of at least 4 members (excludes halogenated alkanes) is 2. The zero-order chi connectivity index (χ0) is 14.1. The second kappa shape index (κ2) is 8.56. The molecule has 5 heteroatoms. The minimum absolute atomic E-state index is 0.350. The van der Waals surface area contributed by atoms with Crippen molar-refractivity contribution >= 4 is 11.5 Å². The lowest BCUT2D eigenvalue weighted by Crippen LogP contribution is -2.17. The summed E-state index contributed by atoms with van der Waals surface area (Å²) >= 11 is 0. The van der Waals surface area contributed by atoms with Gasteiger partial charge in [-0.05, 0) is 19.8 Å². The molecule has 0 fully saturated rings. The van der Waals surface area contributed by atoms with Crippen molar-refractivity contribution in [3.05, 3.63) is 6.33 Å². The summed E-state index contributed by atoms with van der Waals surface area (Å²) < 4.78 is 5.49. The van der Waals surface area contributed by atoms with Crippen molar-refractivity contribution in [1.82, 2.24) is 9.97 Å². The number of rotatable bonds is 9. The first-order valence-electron chi connectivity index (χ1n) is 7.18. The van der Waals surface area contributed by atoms with Crippen LogP contribution in [0, 0.1) is 0 Å². The molecule has 0 aromatic carbocycles. The molecular weight excluding hydrogens is 240 g/mol. The van der Waals surface area contributed by atoms with E-state index in [4.69, 9.17) is 10.5 Å². The van der Waals surface area contributed by atoms with E-state index in [1.165, 1.54) is 25.6 Å². The van der Waals surface area contributed by atoms with Gasteiger partial charge in [-0.15, -0.1) is 0 Å². The van der Waals surface area contributed by atoms with E-state index >= 15 is 0 Å². The molecular formula is C14H26N4O. The number of nitrogens with zero attached hydrogens (tertiary/aromatic N) is 2. The molecule has 19 heavy (non-hydrogen) atoms. The fraction of sp³-hybridized carbons (Fsp3) is 0.714. The van der Waals surface area contributed by atoms with Crippen LogP contribution >= 0.6 is 0 Å². The largest absolute Gasteiger partial charge is 0.476 e. The molecule has 1 heterocycles. The van der Waals surface area contributed by atoms with Gasteiger partial charge in [0, 0.05) is 6.04 Å². The van der Waals surface area contributed by atoms with Gasteiger partial charge in [0.2, 0.25) is 5.88 Å². The first kappa shape index (κ1) is 15.5. The summed E-state index contributed by atoms with van der Waals surface area (Å²) in [6.07, 6.45) is 7.24. The highest BCUT2D eigenvalue weighted by Gasteiger charge is 2.11. The predicted molar refractivity (Wildman–Crippen MR) is 79.5 cm³/mol. The van der Waals surface area contributed by atoms with E-state index in [1.807, 2.05) is 6.92 Å². The molecule has 1 aromatic heterocycles. The van der Waals surface area contributed by atoms with E-state index in [2.05, 4.69) is 29.1 Å². The Morgan fingerprint density at radius 3 is 2.74 bits per heavy atom. The SMILES string of the molecule is CCCCCC(C)Nc1ncnc(OCCC)c1N. The first-order chi connectivity index (χ1) is 9.19. The number of nitrogens with one attached hydrogen (secondary N) is 1. The molecule has 3 N–H and O–H groups in total. The van der Waals surface area contributed by atoms with Crippen LogP contribution in [-0.2, 0) is 0 Å². The molecule has 0 aliphatic carbocycles. The van der Waals surface area contributed by atoms with Crippen LogP contribution in [0.25, 0.3) is 0 Å². The lowest BCUT2D eigenvalue weighted by Gasteiger charge is -2.16. The Morgan fingerprint density at radius 1 is 1.26 bits per heavy atom.